The van der Waals surface area contributed by atoms with E-state index in [1.165, 1.54) is 0 Å². The second-order valence-electron chi connectivity index (χ2n) is 7.91. The van der Waals surface area contributed by atoms with Crippen molar-refractivity contribution in [3.05, 3.63) is 0 Å². The van der Waals surface area contributed by atoms with Crippen LogP contribution in [0.5, 0.6) is 0 Å². The lowest BCUT2D eigenvalue weighted by atomic mass is 9.81. The Morgan fingerprint density at radius 2 is 1.91 bits per heavy atom. The summed E-state index contributed by atoms with van der Waals surface area (Å²) in [7, 11) is 0. The molecule has 2 fully saturated rings. The maximum atomic E-state index is 12.1. The smallest absolute Gasteiger partial charge is 0.410 e. The molecule has 132 valence electrons. The molecular formula is C16H28N2O5. The second kappa shape index (κ2) is 6.28. The van der Waals surface area contributed by atoms with Crippen molar-refractivity contribution in [2.45, 2.75) is 57.8 Å². The first kappa shape index (κ1) is 18.0. The average Bonchev–Trinajstić information content (AvgIpc) is 2.34. The lowest BCUT2D eigenvalue weighted by Gasteiger charge is -2.57. The van der Waals surface area contributed by atoms with Crippen molar-refractivity contribution in [3.63, 3.8) is 0 Å². The highest BCUT2D eigenvalue weighted by molar-refractivity contribution is 5.73. The summed E-state index contributed by atoms with van der Waals surface area (Å²) in [5.41, 5.74) is -1.16. The lowest BCUT2D eigenvalue weighted by molar-refractivity contribution is -0.149. The van der Waals surface area contributed by atoms with Crippen LogP contribution in [-0.2, 0) is 9.53 Å². The number of aliphatic hydroxyl groups is 1. The minimum Gasteiger partial charge on any atom is -0.481 e. The van der Waals surface area contributed by atoms with E-state index in [1.54, 1.807) is 25.7 Å². The van der Waals surface area contributed by atoms with Gasteiger partial charge in [0.05, 0.1) is 18.1 Å². The van der Waals surface area contributed by atoms with Gasteiger partial charge in [-0.25, -0.2) is 4.79 Å². The van der Waals surface area contributed by atoms with Gasteiger partial charge in [0, 0.05) is 19.6 Å². The van der Waals surface area contributed by atoms with Gasteiger partial charge in [-0.15, -0.1) is 0 Å². The van der Waals surface area contributed by atoms with Crippen LogP contribution in [0.1, 0.15) is 40.5 Å². The van der Waals surface area contributed by atoms with E-state index in [2.05, 4.69) is 0 Å². The van der Waals surface area contributed by atoms with Gasteiger partial charge in [0.1, 0.15) is 5.60 Å². The molecule has 0 aromatic carbocycles. The van der Waals surface area contributed by atoms with Crippen molar-refractivity contribution in [1.29, 1.82) is 0 Å². The third-order valence-corrected chi connectivity index (χ3v) is 4.69. The van der Waals surface area contributed by atoms with Crippen LogP contribution >= 0.6 is 0 Å². The van der Waals surface area contributed by atoms with E-state index in [0.29, 0.717) is 19.6 Å². The maximum Gasteiger partial charge on any atom is 0.410 e. The van der Waals surface area contributed by atoms with Gasteiger partial charge >= 0.3 is 12.1 Å². The Morgan fingerprint density at radius 1 is 1.30 bits per heavy atom. The number of carboxylic acid groups (broad SMARTS) is 1. The number of piperidine rings is 1. The summed E-state index contributed by atoms with van der Waals surface area (Å²) in [4.78, 5) is 27.0. The SMILES string of the molecule is CC1CCN(C2(CC(=O)O)CN(C(=O)OC(C)(C)C)C2)CC1O. The van der Waals surface area contributed by atoms with Crippen molar-refractivity contribution in [2.24, 2.45) is 5.92 Å². The highest BCUT2D eigenvalue weighted by Crippen LogP contribution is 2.35. The monoisotopic (exact) mass is 328 g/mol. The minimum atomic E-state index is -0.887. The van der Waals surface area contributed by atoms with E-state index >= 15 is 0 Å². The van der Waals surface area contributed by atoms with Crippen molar-refractivity contribution in [2.75, 3.05) is 26.2 Å². The molecule has 0 aromatic rings. The van der Waals surface area contributed by atoms with E-state index in [-0.39, 0.29) is 12.3 Å². The van der Waals surface area contributed by atoms with Crippen molar-refractivity contribution in [3.8, 4) is 0 Å². The quantitative estimate of drug-likeness (QED) is 0.808. The molecule has 23 heavy (non-hydrogen) atoms. The van der Waals surface area contributed by atoms with Crippen LogP contribution in [0.3, 0.4) is 0 Å². The molecule has 0 radical (unpaired) electrons. The summed E-state index contributed by atoms with van der Waals surface area (Å²) in [6.45, 7) is 9.27. The van der Waals surface area contributed by atoms with Gasteiger partial charge in [-0.05, 0) is 39.7 Å². The number of carbonyl (C=O) groups excluding carboxylic acids is 1. The Morgan fingerprint density at radius 3 is 2.39 bits per heavy atom. The van der Waals surface area contributed by atoms with E-state index in [9.17, 15) is 19.8 Å². The molecule has 2 aliphatic rings. The standard InChI is InChI=1S/C16H28N2O5/c1-11-5-6-18(8-12(11)19)16(7-13(20)21)9-17(10-16)14(22)23-15(2,3)4/h11-12,19H,5-10H2,1-4H3,(H,20,21). The van der Waals surface area contributed by atoms with E-state index in [1.807, 2.05) is 11.8 Å². The average molecular weight is 328 g/mol. The molecule has 0 aromatic heterocycles. The largest absolute Gasteiger partial charge is 0.481 e. The molecule has 1 amide bonds. The fourth-order valence-electron chi connectivity index (χ4n) is 3.30. The van der Waals surface area contributed by atoms with Crippen LogP contribution in [0, 0.1) is 5.92 Å². The lowest BCUT2D eigenvalue weighted by Crippen LogP contribution is -2.73. The summed E-state index contributed by atoms with van der Waals surface area (Å²) in [5, 5.41) is 19.3. The number of amides is 1. The topological polar surface area (TPSA) is 90.3 Å². The summed E-state index contributed by atoms with van der Waals surface area (Å²) in [5.74, 6) is -0.669. The fraction of sp³-hybridized carbons (Fsp3) is 0.875. The van der Waals surface area contributed by atoms with Gasteiger partial charge in [0.15, 0.2) is 0 Å². The Bertz CT molecular complexity index is 468. The number of ether oxygens (including phenoxy) is 1. The molecule has 2 heterocycles. The first-order valence-electron chi connectivity index (χ1n) is 8.15. The van der Waals surface area contributed by atoms with Crippen molar-refractivity contribution >= 4 is 12.1 Å². The van der Waals surface area contributed by atoms with Crippen molar-refractivity contribution in [1.82, 2.24) is 9.80 Å². The summed E-state index contributed by atoms with van der Waals surface area (Å²) in [6.07, 6.45) is -0.0722. The van der Waals surface area contributed by atoms with Gasteiger partial charge in [0.2, 0.25) is 0 Å². The van der Waals surface area contributed by atoms with Gasteiger partial charge < -0.3 is 19.8 Å². The number of rotatable bonds is 3. The number of aliphatic carboxylic acids is 1. The Labute approximate surface area is 137 Å². The highest BCUT2D eigenvalue weighted by atomic mass is 16.6. The summed E-state index contributed by atoms with van der Waals surface area (Å²) >= 11 is 0. The third-order valence-electron chi connectivity index (χ3n) is 4.69. The second-order valence-corrected chi connectivity index (χ2v) is 7.91. The Balaban J connectivity index is 2.03. The van der Waals surface area contributed by atoms with Gasteiger partial charge in [0.25, 0.3) is 0 Å². The molecular weight excluding hydrogens is 300 g/mol. The number of β-amino-alcohol motifs (C(OH)–C–C–N with tert-alkyl or cyclic N) is 1. The van der Waals surface area contributed by atoms with Crippen LogP contribution in [0.2, 0.25) is 0 Å². The first-order valence-corrected chi connectivity index (χ1v) is 8.15. The molecule has 7 heteroatoms. The van der Waals surface area contributed by atoms with Crippen LogP contribution in [0.4, 0.5) is 4.79 Å². The minimum absolute atomic E-state index is 0.0343. The Kier molecular flexibility index (Phi) is 4.92. The highest BCUT2D eigenvalue weighted by Gasteiger charge is 2.52. The molecule has 0 saturated carbocycles. The molecule has 2 saturated heterocycles. The predicted molar refractivity (Wildman–Crippen MR) is 84.2 cm³/mol. The Hall–Kier alpha value is -1.34. The van der Waals surface area contributed by atoms with Crippen molar-refractivity contribution < 1.29 is 24.5 Å². The zero-order chi connectivity index (χ0) is 17.4. The van der Waals surface area contributed by atoms with E-state index < -0.39 is 29.3 Å². The summed E-state index contributed by atoms with van der Waals surface area (Å²) < 4.78 is 5.34. The normalized spacial score (nSPS) is 28.1. The molecule has 0 aliphatic carbocycles. The number of nitrogens with zero attached hydrogens (tertiary/aromatic N) is 2. The number of carbonyl (C=O) groups is 2. The predicted octanol–water partition coefficient (Wildman–Crippen LogP) is 1.15. The number of hydrogen-bond acceptors (Lipinski definition) is 5. The van der Waals surface area contributed by atoms with Crippen LogP contribution < -0.4 is 0 Å². The molecule has 2 unspecified atom stereocenters. The molecule has 2 rings (SSSR count). The number of hydrogen-bond donors (Lipinski definition) is 2. The number of likely N-dealkylation sites (tertiary alicyclic amines) is 2. The van der Waals surface area contributed by atoms with E-state index in [0.717, 1.165) is 13.0 Å². The van der Waals surface area contributed by atoms with Crippen LogP contribution in [-0.4, -0.2) is 75.5 Å². The van der Waals surface area contributed by atoms with Gasteiger partial charge in [-0.3, -0.25) is 9.69 Å². The first-order chi connectivity index (χ1) is 10.5. The summed E-state index contributed by atoms with van der Waals surface area (Å²) in [6, 6.07) is 0. The van der Waals surface area contributed by atoms with Crippen LogP contribution in [0.15, 0.2) is 0 Å². The zero-order valence-corrected chi connectivity index (χ0v) is 14.4. The molecule has 2 atom stereocenters. The van der Waals surface area contributed by atoms with Gasteiger partial charge in [-0.2, -0.15) is 0 Å². The molecule has 0 bridgehead atoms. The number of carboxylic acids is 1. The number of aliphatic hydroxyl groups excluding tert-OH is 1. The third kappa shape index (κ3) is 4.14. The van der Waals surface area contributed by atoms with E-state index in [4.69, 9.17) is 4.74 Å². The maximum absolute atomic E-state index is 12.1. The molecule has 2 aliphatic heterocycles. The fourth-order valence-corrected chi connectivity index (χ4v) is 3.30. The molecule has 7 nitrogen and oxygen atoms in total. The molecule has 2 N–H and O–H groups in total. The zero-order valence-electron chi connectivity index (χ0n) is 14.4. The molecule has 0 spiro atoms. The van der Waals surface area contributed by atoms with Crippen LogP contribution in [0.25, 0.3) is 0 Å². The van der Waals surface area contributed by atoms with Gasteiger partial charge in [-0.1, -0.05) is 6.92 Å².